The summed E-state index contributed by atoms with van der Waals surface area (Å²) < 4.78 is 2.66. The quantitative estimate of drug-likeness (QED) is 0.705. The van der Waals surface area contributed by atoms with Crippen molar-refractivity contribution < 1.29 is 0 Å². The average molecular weight is 266 g/mol. The third kappa shape index (κ3) is 1.12. The van der Waals surface area contributed by atoms with E-state index in [2.05, 4.69) is 41.6 Å². The van der Waals surface area contributed by atoms with Crippen molar-refractivity contribution in [2.45, 2.75) is 50.6 Å². The fourth-order valence-electron chi connectivity index (χ4n) is 5.34. The molecule has 2 heteroatoms. The van der Waals surface area contributed by atoms with Crippen molar-refractivity contribution in [3.63, 3.8) is 0 Å². The van der Waals surface area contributed by atoms with E-state index in [0.717, 1.165) is 5.92 Å². The lowest BCUT2D eigenvalue weighted by Crippen LogP contribution is -2.56. The van der Waals surface area contributed by atoms with Crippen LogP contribution in [0.15, 0.2) is 18.2 Å². The zero-order chi connectivity index (χ0) is 13.5. The molecule has 1 fully saturated rings. The van der Waals surface area contributed by atoms with Gasteiger partial charge in [0.2, 0.25) is 0 Å². The Hall–Kier alpha value is -1.28. The van der Waals surface area contributed by atoms with Gasteiger partial charge in [-0.15, -0.1) is 0 Å². The number of aromatic nitrogens is 1. The van der Waals surface area contributed by atoms with Crippen molar-refractivity contribution in [2.75, 3.05) is 13.6 Å². The molecule has 0 radical (unpaired) electrons. The van der Waals surface area contributed by atoms with E-state index in [0.29, 0.717) is 5.54 Å². The molecule has 0 amide bonds. The van der Waals surface area contributed by atoms with Crippen LogP contribution in [0.1, 0.15) is 48.4 Å². The molecule has 2 aromatic rings. The van der Waals surface area contributed by atoms with Gasteiger partial charge < -0.3 is 4.57 Å². The Bertz CT molecular complexity index is 723. The summed E-state index contributed by atoms with van der Waals surface area (Å²) in [6, 6.07) is 7.08. The zero-order valence-corrected chi connectivity index (χ0v) is 12.4. The van der Waals surface area contributed by atoms with Gasteiger partial charge in [0.1, 0.15) is 0 Å². The van der Waals surface area contributed by atoms with Crippen LogP contribution in [0.4, 0.5) is 0 Å². The van der Waals surface area contributed by atoms with Gasteiger partial charge in [-0.2, -0.15) is 0 Å². The number of likely N-dealkylation sites (N-methyl/N-ethyl adjacent to an activating group) is 1. The van der Waals surface area contributed by atoms with Gasteiger partial charge in [0.05, 0.1) is 5.54 Å². The monoisotopic (exact) mass is 266 g/mol. The van der Waals surface area contributed by atoms with E-state index in [1.54, 1.807) is 16.6 Å². The van der Waals surface area contributed by atoms with Gasteiger partial charge in [0.25, 0.3) is 0 Å². The third-order valence-electron chi connectivity index (χ3n) is 6.21. The molecule has 3 aliphatic heterocycles. The molecule has 2 bridgehead atoms. The first-order chi connectivity index (χ1) is 9.71. The largest absolute Gasteiger partial charge is 0.343 e. The maximum Gasteiger partial charge on any atom is 0.0615 e. The Morgan fingerprint density at radius 1 is 1.25 bits per heavy atom. The lowest BCUT2D eigenvalue weighted by molar-refractivity contribution is 0.0120. The van der Waals surface area contributed by atoms with Crippen molar-refractivity contribution in [2.24, 2.45) is 0 Å². The lowest BCUT2D eigenvalue weighted by atomic mass is 9.66. The Kier molecular flexibility index (Phi) is 1.98. The van der Waals surface area contributed by atoms with Crippen LogP contribution in [0.5, 0.6) is 0 Å². The number of rotatable bonds is 0. The maximum atomic E-state index is 2.67. The zero-order valence-electron chi connectivity index (χ0n) is 12.4. The highest BCUT2D eigenvalue weighted by Gasteiger charge is 2.52. The number of piperidine rings is 1. The number of aryl methyl sites for hydroxylation is 2. The second-order valence-electron chi connectivity index (χ2n) is 7.19. The minimum atomic E-state index is 0.356. The molecule has 4 aliphatic rings. The first-order valence-electron chi connectivity index (χ1n) is 8.05. The van der Waals surface area contributed by atoms with E-state index < -0.39 is 0 Å². The summed E-state index contributed by atoms with van der Waals surface area (Å²) in [5, 5.41) is 1.56. The van der Waals surface area contributed by atoms with Gasteiger partial charge in [-0.1, -0.05) is 11.6 Å². The molecule has 1 aromatic carbocycles. The number of nitrogens with zero attached hydrogens (tertiary/aromatic N) is 2. The van der Waals surface area contributed by atoms with Crippen LogP contribution in [-0.4, -0.2) is 23.1 Å². The Morgan fingerprint density at radius 3 is 3.00 bits per heavy atom. The van der Waals surface area contributed by atoms with E-state index in [4.69, 9.17) is 0 Å². The standard InChI is InChI=1S/C18H22N2/c1-12-4-5-15-14(10-12)16-13-6-8-18(19(2)11-13)7-3-9-20(15)17(16)18/h4-5,10,13H,3,6-9,11H2,1-2H3. The number of benzene rings is 1. The molecule has 2 atom stereocenters. The van der Waals surface area contributed by atoms with E-state index in [1.807, 2.05) is 0 Å². The Morgan fingerprint density at radius 2 is 2.15 bits per heavy atom. The topological polar surface area (TPSA) is 8.17 Å². The second kappa shape index (κ2) is 3.48. The molecule has 1 aromatic heterocycles. The fraction of sp³-hybridized carbons (Fsp3) is 0.556. The molecule has 4 heterocycles. The van der Waals surface area contributed by atoms with Crippen LogP contribution >= 0.6 is 0 Å². The van der Waals surface area contributed by atoms with E-state index in [-0.39, 0.29) is 0 Å². The summed E-state index contributed by atoms with van der Waals surface area (Å²) in [7, 11) is 2.35. The first-order valence-corrected chi connectivity index (χ1v) is 8.05. The predicted octanol–water partition coefficient (Wildman–Crippen LogP) is 3.76. The molecule has 104 valence electrons. The third-order valence-corrected chi connectivity index (χ3v) is 6.21. The van der Waals surface area contributed by atoms with Crippen molar-refractivity contribution in [1.29, 1.82) is 0 Å². The smallest absolute Gasteiger partial charge is 0.0615 e. The van der Waals surface area contributed by atoms with Crippen molar-refractivity contribution in [3.05, 3.63) is 35.0 Å². The van der Waals surface area contributed by atoms with Crippen molar-refractivity contribution in [1.82, 2.24) is 9.47 Å². The van der Waals surface area contributed by atoms with Gasteiger partial charge in [0.15, 0.2) is 0 Å². The normalized spacial score (nSPS) is 31.8. The average Bonchev–Trinajstić information content (AvgIpc) is 2.78. The highest BCUT2D eigenvalue weighted by atomic mass is 15.2. The molecule has 0 N–H and O–H groups in total. The summed E-state index contributed by atoms with van der Waals surface area (Å²) in [4.78, 5) is 2.67. The Labute approximate surface area is 120 Å². The molecule has 6 rings (SSSR count). The lowest BCUT2D eigenvalue weighted by Gasteiger charge is -2.55. The molecular weight excluding hydrogens is 244 g/mol. The number of hydrogen-bond donors (Lipinski definition) is 0. The van der Waals surface area contributed by atoms with Gasteiger partial charge in [-0.3, -0.25) is 4.90 Å². The van der Waals surface area contributed by atoms with Crippen LogP contribution in [0.25, 0.3) is 10.9 Å². The van der Waals surface area contributed by atoms with Crippen molar-refractivity contribution in [3.8, 4) is 0 Å². The summed E-state index contributed by atoms with van der Waals surface area (Å²) in [5.74, 6) is 0.764. The van der Waals surface area contributed by atoms with Crippen LogP contribution in [0.3, 0.4) is 0 Å². The highest BCUT2D eigenvalue weighted by molar-refractivity contribution is 5.88. The van der Waals surface area contributed by atoms with Gasteiger partial charge in [-0.05, 0) is 63.3 Å². The van der Waals surface area contributed by atoms with Crippen LogP contribution < -0.4 is 0 Å². The van der Waals surface area contributed by atoms with E-state index in [1.165, 1.54) is 49.9 Å². The summed E-state index contributed by atoms with van der Waals surface area (Å²) in [6.45, 7) is 4.71. The Balaban J connectivity index is 1.96. The second-order valence-corrected chi connectivity index (χ2v) is 7.19. The molecule has 2 nitrogen and oxygen atoms in total. The van der Waals surface area contributed by atoms with Crippen LogP contribution in [0.2, 0.25) is 0 Å². The number of fused-ring (bicyclic) bond motifs is 4. The minimum Gasteiger partial charge on any atom is -0.343 e. The predicted molar refractivity (Wildman–Crippen MR) is 82.2 cm³/mol. The van der Waals surface area contributed by atoms with Gasteiger partial charge in [0, 0.05) is 29.7 Å². The van der Waals surface area contributed by atoms with E-state index in [9.17, 15) is 0 Å². The molecule has 1 saturated heterocycles. The van der Waals surface area contributed by atoms with E-state index >= 15 is 0 Å². The fourth-order valence-corrected chi connectivity index (χ4v) is 5.34. The SMILES string of the molecule is Cc1ccc2c(c1)c1c3n2CCCC32CCC1CN2C. The van der Waals surface area contributed by atoms with Crippen LogP contribution in [0, 0.1) is 6.92 Å². The molecule has 0 saturated carbocycles. The van der Waals surface area contributed by atoms with Gasteiger partial charge >= 0.3 is 0 Å². The van der Waals surface area contributed by atoms with Crippen LogP contribution in [-0.2, 0) is 12.1 Å². The molecule has 1 spiro atoms. The molecule has 20 heavy (non-hydrogen) atoms. The highest BCUT2D eigenvalue weighted by Crippen LogP contribution is 2.56. The molecule has 2 unspecified atom stereocenters. The molecule has 1 aliphatic carbocycles. The molecular formula is C18H22N2. The number of hydrogen-bond acceptors (Lipinski definition) is 1. The van der Waals surface area contributed by atoms with Crippen molar-refractivity contribution >= 4 is 10.9 Å². The minimum absolute atomic E-state index is 0.356. The van der Waals surface area contributed by atoms with Gasteiger partial charge in [-0.25, -0.2) is 0 Å². The summed E-state index contributed by atoms with van der Waals surface area (Å²) in [6.07, 6.45) is 5.46. The summed E-state index contributed by atoms with van der Waals surface area (Å²) in [5.41, 5.74) is 6.66. The maximum absolute atomic E-state index is 2.67. The summed E-state index contributed by atoms with van der Waals surface area (Å²) >= 11 is 0. The first kappa shape index (κ1) is 11.4.